The lowest BCUT2D eigenvalue weighted by Gasteiger charge is -2.18. The summed E-state index contributed by atoms with van der Waals surface area (Å²) in [5.41, 5.74) is 1.13. The van der Waals surface area contributed by atoms with Crippen molar-refractivity contribution in [1.82, 2.24) is 4.31 Å². The molecule has 0 bridgehead atoms. The summed E-state index contributed by atoms with van der Waals surface area (Å²) < 4.78 is 26.7. The molecule has 0 N–H and O–H groups in total. The Morgan fingerprint density at radius 2 is 2.21 bits per heavy atom. The van der Waals surface area contributed by atoms with Crippen LogP contribution in [0, 0.1) is 24.2 Å². The van der Waals surface area contributed by atoms with Crippen LogP contribution in [0.3, 0.4) is 0 Å². The zero-order valence-corrected chi connectivity index (χ0v) is 12.1. The highest BCUT2D eigenvalue weighted by Gasteiger charge is 2.32. The van der Waals surface area contributed by atoms with Crippen molar-refractivity contribution in [2.45, 2.75) is 31.6 Å². The van der Waals surface area contributed by atoms with Gasteiger partial charge in [0, 0.05) is 13.1 Å². The Hall–Kier alpha value is -1.38. The van der Waals surface area contributed by atoms with Gasteiger partial charge in [0.25, 0.3) is 0 Å². The van der Waals surface area contributed by atoms with Crippen LogP contribution in [0.5, 0.6) is 0 Å². The van der Waals surface area contributed by atoms with E-state index in [1.165, 1.54) is 0 Å². The van der Waals surface area contributed by atoms with Crippen molar-refractivity contribution in [3.8, 4) is 6.07 Å². The lowest BCUT2D eigenvalue weighted by Crippen LogP contribution is -2.29. The number of hydrogen-bond acceptors (Lipinski definition) is 3. The fraction of sp³-hybridized carbons (Fsp3) is 0.500. The van der Waals surface area contributed by atoms with E-state index in [9.17, 15) is 8.42 Å². The highest BCUT2D eigenvalue weighted by molar-refractivity contribution is 7.89. The molecule has 1 aliphatic heterocycles. The van der Waals surface area contributed by atoms with Crippen molar-refractivity contribution in [2.24, 2.45) is 5.92 Å². The van der Waals surface area contributed by atoms with Crippen LogP contribution in [0.15, 0.2) is 23.1 Å². The molecule has 0 radical (unpaired) electrons. The van der Waals surface area contributed by atoms with Gasteiger partial charge < -0.3 is 0 Å². The molecule has 0 aromatic heterocycles. The van der Waals surface area contributed by atoms with Crippen molar-refractivity contribution in [2.75, 3.05) is 13.1 Å². The lowest BCUT2D eigenvalue weighted by atomic mass is 10.1. The summed E-state index contributed by atoms with van der Waals surface area (Å²) in [7, 11) is -3.41. The van der Waals surface area contributed by atoms with Crippen LogP contribution >= 0.6 is 0 Å². The highest BCUT2D eigenvalue weighted by atomic mass is 32.2. The number of aryl methyl sites for hydroxylation is 1. The molecule has 5 heteroatoms. The van der Waals surface area contributed by atoms with Gasteiger partial charge in [-0.2, -0.15) is 9.57 Å². The summed E-state index contributed by atoms with van der Waals surface area (Å²) in [4.78, 5) is 0.322. The molecule has 1 heterocycles. The summed E-state index contributed by atoms with van der Waals surface area (Å²) in [5.74, 6) is 0.466. The van der Waals surface area contributed by atoms with Gasteiger partial charge in [-0.05, 0) is 43.0 Å². The van der Waals surface area contributed by atoms with Gasteiger partial charge in [-0.1, -0.05) is 13.3 Å². The van der Waals surface area contributed by atoms with E-state index in [-0.39, 0.29) is 0 Å². The molecule has 0 spiro atoms. The van der Waals surface area contributed by atoms with Crippen molar-refractivity contribution in [3.63, 3.8) is 0 Å². The Kier molecular flexibility index (Phi) is 3.93. The largest absolute Gasteiger partial charge is 0.243 e. The molecule has 1 atom stereocenters. The van der Waals surface area contributed by atoms with Gasteiger partial charge in [-0.15, -0.1) is 0 Å². The smallest absolute Gasteiger partial charge is 0.207 e. The maximum Gasteiger partial charge on any atom is 0.243 e. The van der Waals surface area contributed by atoms with Gasteiger partial charge in [0.2, 0.25) is 10.0 Å². The standard InChI is InChI=1S/C14H18N2O2S/c1-3-12-6-7-16(10-12)19(17,18)14-5-4-13(9-15)8-11(14)2/h4-5,8,12H,3,6-7,10H2,1-2H3. The molecule has 1 unspecified atom stereocenters. The van der Waals surface area contributed by atoms with Crippen LogP contribution in [0.1, 0.15) is 30.9 Å². The molecule has 1 fully saturated rings. The summed E-state index contributed by atoms with van der Waals surface area (Å²) in [6.45, 7) is 5.04. The Bertz CT molecular complexity index is 617. The molecule has 19 heavy (non-hydrogen) atoms. The van der Waals surface area contributed by atoms with Crippen molar-refractivity contribution >= 4 is 10.0 Å². The summed E-state index contributed by atoms with van der Waals surface area (Å²) >= 11 is 0. The quantitative estimate of drug-likeness (QED) is 0.852. The molecule has 0 amide bonds. The van der Waals surface area contributed by atoms with Crippen LogP contribution < -0.4 is 0 Å². The number of nitriles is 1. The monoisotopic (exact) mass is 278 g/mol. The predicted octanol–water partition coefficient (Wildman–Crippen LogP) is 2.29. The van der Waals surface area contributed by atoms with E-state index in [1.807, 2.05) is 6.07 Å². The Morgan fingerprint density at radius 1 is 1.47 bits per heavy atom. The second-order valence-electron chi connectivity index (χ2n) is 5.02. The van der Waals surface area contributed by atoms with Crippen molar-refractivity contribution in [3.05, 3.63) is 29.3 Å². The summed E-state index contributed by atoms with van der Waals surface area (Å²) in [6.07, 6.45) is 1.95. The van der Waals surface area contributed by atoms with E-state index in [4.69, 9.17) is 5.26 Å². The number of rotatable bonds is 3. The van der Waals surface area contributed by atoms with Crippen molar-refractivity contribution < 1.29 is 8.42 Å². The number of nitrogens with zero attached hydrogens (tertiary/aromatic N) is 2. The van der Waals surface area contributed by atoms with Crippen LogP contribution in [0.4, 0.5) is 0 Å². The third-order valence-electron chi connectivity index (χ3n) is 3.75. The maximum absolute atomic E-state index is 12.6. The van der Waals surface area contributed by atoms with Crippen LogP contribution in [-0.2, 0) is 10.0 Å². The third kappa shape index (κ3) is 2.65. The Labute approximate surface area is 114 Å². The number of sulfonamides is 1. The number of benzene rings is 1. The topological polar surface area (TPSA) is 61.2 Å². The van der Waals surface area contributed by atoms with Crippen molar-refractivity contribution in [1.29, 1.82) is 5.26 Å². The van der Waals surface area contributed by atoms with Gasteiger partial charge in [0.15, 0.2) is 0 Å². The highest BCUT2D eigenvalue weighted by Crippen LogP contribution is 2.27. The minimum absolute atomic E-state index is 0.322. The zero-order valence-electron chi connectivity index (χ0n) is 11.3. The molecule has 1 aromatic rings. The first-order valence-electron chi connectivity index (χ1n) is 6.50. The van der Waals surface area contributed by atoms with Gasteiger partial charge in [-0.25, -0.2) is 8.42 Å². The average molecular weight is 278 g/mol. The molecule has 2 rings (SSSR count). The van der Waals surface area contributed by atoms with E-state index in [0.717, 1.165) is 12.8 Å². The SMILES string of the molecule is CCC1CCN(S(=O)(=O)c2ccc(C#N)cc2C)C1. The van der Waals surface area contributed by atoms with Gasteiger partial charge in [-0.3, -0.25) is 0 Å². The van der Waals surface area contributed by atoms with E-state index in [2.05, 4.69) is 6.92 Å². The molecule has 1 aromatic carbocycles. The zero-order chi connectivity index (χ0) is 14.0. The first-order chi connectivity index (χ1) is 8.98. The first kappa shape index (κ1) is 14.0. The van der Waals surface area contributed by atoms with Gasteiger partial charge in [0.05, 0.1) is 16.5 Å². The van der Waals surface area contributed by atoms with Gasteiger partial charge >= 0.3 is 0 Å². The molecular weight excluding hydrogens is 260 g/mol. The predicted molar refractivity (Wildman–Crippen MR) is 73.1 cm³/mol. The van der Waals surface area contributed by atoms with Crippen LogP contribution in [-0.4, -0.2) is 25.8 Å². The van der Waals surface area contributed by atoms with E-state index in [1.54, 1.807) is 29.4 Å². The van der Waals surface area contributed by atoms with Crippen LogP contribution in [0.2, 0.25) is 0 Å². The summed E-state index contributed by atoms with van der Waals surface area (Å²) in [5, 5.41) is 8.82. The Balaban J connectivity index is 2.33. The molecule has 102 valence electrons. The van der Waals surface area contributed by atoms with Crippen LogP contribution in [0.25, 0.3) is 0 Å². The second-order valence-corrected chi connectivity index (χ2v) is 6.92. The summed E-state index contributed by atoms with van der Waals surface area (Å²) in [6, 6.07) is 6.76. The fourth-order valence-corrected chi connectivity index (χ4v) is 4.23. The first-order valence-corrected chi connectivity index (χ1v) is 7.94. The molecule has 0 aliphatic carbocycles. The second kappa shape index (κ2) is 5.32. The molecule has 0 saturated carbocycles. The molecule has 1 aliphatic rings. The fourth-order valence-electron chi connectivity index (χ4n) is 2.50. The lowest BCUT2D eigenvalue weighted by molar-refractivity contribution is 0.452. The minimum atomic E-state index is -3.41. The van der Waals surface area contributed by atoms with Gasteiger partial charge in [0.1, 0.15) is 0 Å². The normalized spacial score (nSPS) is 20.4. The third-order valence-corrected chi connectivity index (χ3v) is 5.77. The van der Waals surface area contributed by atoms with E-state index >= 15 is 0 Å². The van der Waals surface area contributed by atoms with E-state index in [0.29, 0.717) is 35.0 Å². The molecular formula is C14H18N2O2S. The molecule has 1 saturated heterocycles. The Morgan fingerprint density at radius 3 is 2.74 bits per heavy atom. The minimum Gasteiger partial charge on any atom is -0.207 e. The molecule has 4 nitrogen and oxygen atoms in total. The average Bonchev–Trinajstić information content (AvgIpc) is 2.87. The number of hydrogen-bond donors (Lipinski definition) is 0. The van der Waals surface area contributed by atoms with E-state index < -0.39 is 10.0 Å². The maximum atomic E-state index is 12.6.